The average molecular weight is 160 g/mol. The first-order valence-corrected chi connectivity index (χ1v) is 2.20. The molecule has 0 amide bonds. The summed E-state index contributed by atoms with van der Waals surface area (Å²) in [4.78, 5) is 9.84. The third-order valence-corrected chi connectivity index (χ3v) is 0.823. The molecule has 0 aliphatic rings. The van der Waals surface area contributed by atoms with Gasteiger partial charge in [0.1, 0.15) is 0 Å². The van der Waals surface area contributed by atoms with Crippen molar-refractivity contribution in [2.75, 3.05) is 0 Å². The maximum absolute atomic E-state index is 9.84. The molecule has 0 unspecified atom stereocenters. The fraction of sp³-hybridized carbons (Fsp3) is 0.200. The molecule has 0 fully saturated rings. The summed E-state index contributed by atoms with van der Waals surface area (Å²) in [5, 5.41) is 3.74. The van der Waals surface area contributed by atoms with Gasteiger partial charge in [0.25, 0.3) is 0 Å². The summed E-state index contributed by atoms with van der Waals surface area (Å²) in [5.74, 6) is 0. The normalized spacial score (nSPS) is 8.11. The summed E-state index contributed by atoms with van der Waals surface area (Å²) >= 11 is 0. The number of nitrogens with zero attached hydrogens (tertiary/aromatic N) is 2. The Labute approximate surface area is 64.9 Å². The van der Waals surface area contributed by atoms with E-state index in [1.807, 2.05) is 0 Å². The van der Waals surface area contributed by atoms with Gasteiger partial charge in [-0.2, -0.15) is 0 Å². The second-order valence-corrected chi connectivity index (χ2v) is 1.50. The van der Waals surface area contributed by atoms with E-state index in [2.05, 4.69) is 5.10 Å². The maximum Gasteiger partial charge on any atom is 0.0657 e. The molecule has 4 heteroatoms. The van der Waals surface area contributed by atoms with Gasteiger partial charge in [-0.1, -0.05) is 12.4 Å². The molecular formula is C5H5N2OV-. The van der Waals surface area contributed by atoms with Gasteiger partial charge in [-0.3, -0.25) is 5.10 Å². The van der Waals surface area contributed by atoms with Crippen molar-refractivity contribution in [1.82, 2.24) is 9.78 Å². The maximum atomic E-state index is 9.84. The van der Waals surface area contributed by atoms with Gasteiger partial charge >= 0.3 is 0 Å². The van der Waals surface area contributed by atoms with Crippen molar-refractivity contribution in [2.24, 2.45) is 7.05 Å². The SMILES string of the molecule is Cn1cc([C-]=O)cn1.[V]. The van der Waals surface area contributed by atoms with E-state index in [4.69, 9.17) is 0 Å². The summed E-state index contributed by atoms with van der Waals surface area (Å²) < 4.78 is 1.56. The Balaban J connectivity index is 0.000000640. The van der Waals surface area contributed by atoms with Gasteiger partial charge in [0.2, 0.25) is 0 Å². The third kappa shape index (κ3) is 2.04. The summed E-state index contributed by atoms with van der Waals surface area (Å²) in [6.45, 7) is 0. The predicted octanol–water partition coefficient (Wildman–Crippen LogP) is -0.125. The van der Waals surface area contributed by atoms with Gasteiger partial charge in [-0.15, -0.1) is 5.56 Å². The number of aryl methyl sites for hydroxylation is 1. The minimum Gasteiger partial charge on any atom is -0.376 e. The average Bonchev–Trinajstić information content (AvgIpc) is 2.14. The Hall–Kier alpha value is -0.536. The molecule has 1 heterocycles. The Morgan fingerprint density at radius 2 is 2.44 bits per heavy atom. The zero-order valence-electron chi connectivity index (χ0n) is 4.90. The van der Waals surface area contributed by atoms with E-state index < -0.39 is 0 Å². The van der Waals surface area contributed by atoms with Crippen molar-refractivity contribution in [3.05, 3.63) is 18.0 Å². The van der Waals surface area contributed by atoms with E-state index >= 15 is 0 Å². The fourth-order valence-electron chi connectivity index (χ4n) is 0.474. The van der Waals surface area contributed by atoms with Crippen LogP contribution in [0.5, 0.6) is 0 Å². The van der Waals surface area contributed by atoms with Crippen LogP contribution in [0.4, 0.5) is 0 Å². The number of carbonyl (C=O) groups excluding carboxylic acids is 1. The summed E-state index contributed by atoms with van der Waals surface area (Å²) in [6, 6.07) is 0. The zero-order valence-corrected chi connectivity index (χ0v) is 6.30. The number of rotatable bonds is 1. The Morgan fingerprint density at radius 3 is 2.67 bits per heavy atom. The van der Waals surface area contributed by atoms with Crippen LogP contribution in [0.3, 0.4) is 0 Å². The third-order valence-electron chi connectivity index (χ3n) is 0.823. The molecule has 0 spiro atoms. The smallest absolute Gasteiger partial charge is 0.0657 e. The summed E-state index contributed by atoms with van der Waals surface area (Å²) in [6.07, 6.45) is 4.78. The quantitative estimate of drug-likeness (QED) is 0.536. The van der Waals surface area contributed by atoms with Gasteiger partial charge in [0.15, 0.2) is 0 Å². The number of hydrogen-bond acceptors (Lipinski definition) is 2. The Bertz CT molecular complexity index is 197. The largest absolute Gasteiger partial charge is 0.376 e. The van der Waals surface area contributed by atoms with Crippen molar-refractivity contribution in [3.8, 4) is 0 Å². The molecule has 0 saturated heterocycles. The molecular weight excluding hydrogens is 155 g/mol. The molecule has 3 nitrogen and oxygen atoms in total. The molecule has 0 bridgehead atoms. The van der Waals surface area contributed by atoms with Crippen molar-refractivity contribution in [2.45, 2.75) is 0 Å². The molecule has 1 radical (unpaired) electrons. The van der Waals surface area contributed by atoms with Gasteiger partial charge in [0.05, 0.1) is 6.29 Å². The molecule has 1 rings (SSSR count). The molecule has 0 aliphatic carbocycles. The zero-order chi connectivity index (χ0) is 5.98. The van der Waals surface area contributed by atoms with E-state index in [0.717, 1.165) is 0 Å². The first-order valence-electron chi connectivity index (χ1n) is 2.20. The Morgan fingerprint density at radius 1 is 1.78 bits per heavy atom. The second kappa shape index (κ2) is 3.48. The first kappa shape index (κ1) is 8.46. The molecule has 1 aromatic rings. The van der Waals surface area contributed by atoms with Crippen LogP contribution in [-0.4, -0.2) is 16.1 Å². The minimum atomic E-state index is 0. The van der Waals surface area contributed by atoms with Crippen LogP contribution < -0.4 is 0 Å². The van der Waals surface area contributed by atoms with Crippen LogP contribution >= 0.6 is 0 Å². The summed E-state index contributed by atoms with van der Waals surface area (Å²) in [5.41, 5.74) is 0.493. The van der Waals surface area contributed by atoms with Crippen molar-refractivity contribution >= 4 is 6.29 Å². The van der Waals surface area contributed by atoms with Crippen molar-refractivity contribution < 1.29 is 23.4 Å². The van der Waals surface area contributed by atoms with E-state index in [-0.39, 0.29) is 18.6 Å². The monoisotopic (exact) mass is 160 g/mol. The van der Waals surface area contributed by atoms with Crippen LogP contribution in [0.1, 0.15) is 5.56 Å². The topological polar surface area (TPSA) is 34.9 Å². The van der Waals surface area contributed by atoms with Crippen LogP contribution in [0.25, 0.3) is 0 Å². The molecule has 0 aromatic carbocycles. The predicted molar refractivity (Wildman–Crippen MR) is 28.0 cm³/mol. The van der Waals surface area contributed by atoms with Gasteiger partial charge in [-0.05, 0) is 0 Å². The molecule has 9 heavy (non-hydrogen) atoms. The van der Waals surface area contributed by atoms with Crippen LogP contribution in [-0.2, 0) is 30.4 Å². The molecule has 47 valence electrons. The summed E-state index contributed by atoms with van der Waals surface area (Å²) in [7, 11) is 1.75. The second-order valence-electron chi connectivity index (χ2n) is 1.50. The Kier molecular flexibility index (Phi) is 3.28. The molecule has 0 aliphatic heterocycles. The molecule has 0 atom stereocenters. The van der Waals surface area contributed by atoms with E-state index in [0.29, 0.717) is 5.56 Å². The van der Waals surface area contributed by atoms with Crippen molar-refractivity contribution in [1.29, 1.82) is 0 Å². The molecule has 0 N–H and O–H groups in total. The van der Waals surface area contributed by atoms with E-state index in [1.165, 1.54) is 6.20 Å². The molecule has 0 saturated carbocycles. The van der Waals surface area contributed by atoms with E-state index in [1.54, 1.807) is 24.2 Å². The standard InChI is InChI=1S/C5H5N2O.V/c1-7-3-5(4-8)2-6-7;/h2-3H,1H3;/q-1;. The first-order chi connectivity index (χ1) is 3.83. The molecule has 1 aromatic heterocycles. The fourth-order valence-corrected chi connectivity index (χ4v) is 0.474. The minimum absolute atomic E-state index is 0. The number of hydrogen-bond donors (Lipinski definition) is 0. The van der Waals surface area contributed by atoms with Crippen molar-refractivity contribution in [3.63, 3.8) is 0 Å². The van der Waals surface area contributed by atoms with Crippen LogP contribution in [0.2, 0.25) is 0 Å². The van der Waals surface area contributed by atoms with Crippen LogP contribution in [0, 0.1) is 0 Å². The van der Waals surface area contributed by atoms with E-state index in [9.17, 15) is 4.79 Å². The number of aromatic nitrogens is 2. The van der Waals surface area contributed by atoms with Gasteiger partial charge < -0.3 is 9.48 Å². The van der Waals surface area contributed by atoms with Gasteiger partial charge in [-0.25, -0.2) is 0 Å². The van der Waals surface area contributed by atoms with Gasteiger partial charge in [0, 0.05) is 25.6 Å². The van der Waals surface area contributed by atoms with Crippen LogP contribution in [0.15, 0.2) is 12.4 Å².